The van der Waals surface area contributed by atoms with Crippen LogP contribution < -0.4 is 14.9 Å². The average molecular weight is 339 g/mol. The molecular weight excluding hydrogens is 318 g/mol. The van der Waals surface area contributed by atoms with Gasteiger partial charge in [-0.1, -0.05) is 32.9 Å². The molecule has 6 nitrogen and oxygen atoms in total. The summed E-state index contributed by atoms with van der Waals surface area (Å²) >= 11 is 0. The highest BCUT2D eigenvalue weighted by atomic mass is 16.6. The van der Waals surface area contributed by atoms with Crippen molar-refractivity contribution in [3.63, 3.8) is 0 Å². The van der Waals surface area contributed by atoms with E-state index in [0.29, 0.717) is 17.2 Å². The Morgan fingerprint density at radius 2 is 2.12 bits per heavy atom. The summed E-state index contributed by atoms with van der Waals surface area (Å²) in [5.41, 5.74) is 4.22. The quantitative estimate of drug-likeness (QED) is 0.689. The van der Waals surface area contributed by atoms with Crippen molar-refractivity contribution in [2.75, 3.05) is 6.61 Å². The lowest BCUT2D eigenvalue weighted by Gasteiger charge is -2.27. The summed E-state index contributed by atoms with van der Waals surface area (Å²) in [5, 5.41) is 3.91. The highest BCUT2D eigenvalue weighted by Crippen LogP contribution is 2.36. The molecule has 130 valence electrons. The monoisotopic (exact) mass is 339 g/mol. The van der Waals surface area contributed by atoms with Crippen LogP contribution in [0.5, 0.6) is 11.5 Å². The van der Waals surface area contributed by atoms with E-state index in [-0.39, 0.29) is 17.9 Å². The highest BCUT2D eigenvalue weighted by Gasteiger charge is 2.28. The van der Waals surface area contributed by atoms with Gasteiger partial charge in [0.05, 0.1) is 11.9 Å². The van der Waals surface area contributed by atoms with E-state index in [1.165, 1.54) is 6.21 Å². The summed E-state index contributed by atoms with van der Waals surface area (Å²) in [5.74, 6) is 0.862. The molecule has 1 aliphatic rings. The van der Waals surface area contributed by atoms with Crippen LogP contribution in [0.4, 0.5) is 0 Å². The number of hydrogen-bond donors (Lipinski definition) is 1. The second kappa shape index (κ2) is 6.93. The summed E-state index contributed by atoms with van der Waals surface area (Å²) in [6.07, 6.45) is 2.39. The van der Waals surface area contributed by atoms with Gasteiger partial charge in [0.2, 0.25) is 6.10 Å². The van der Waals surface area contributed by atoms with E-state index in [0.717, 1.165) is 5.56 Å². The number of nitrogens with one attached hydrogen (secondary N) is 1. The maximum absolute atomic E-state index is 12.2. The van der Waals surface area contributed by atoms with Crippen LogP contribution >= 0.6 is 0 Å². The van der Waals surface area contributed by atoms with E-state index in [9.17, 15) is 4.79 Å². The molecule has 0 saturated carbocycles. The Labute approximate surface area is 146 Å². The molecule has 1 aromatic carbocycles. The van der Waals surface area contributed by atoms with E-state index < -0.39 is 6.10 Å². The van der Waals surface area contributed by atoms with Gasteiger partial charge in [-0.3, -0.25) is 9.78 Å². The van der Waals surface area contributed by atoms with Crippen molar-refractivity contribution in [3.05, 3.63) is 53.9 Å². The van der Waals surface area contributed by atoms with Crippen LogP contribution in [-0.2, 0) is 10.2 Å². The zero-order valence-corrected chi connectivity index (χ0v) is 14.5. The van der Waals surface area contributed by atoms with E-state index in [4.69, 9.17) is 9.47 Å². The summed E-state index contributed by atoms with van der Waals surface area (Å²) < 4.78 is 11.4. The van der Waals surface area contributed by atoms with Crippen molar-refractivity contribution < 1.29 is 14.3 Å². The van der Waals surface area contributed by atoms with Crippen LogP contribution in [0.15, 0.2) is 47.7 Å². The lowest BCUT2D eigenvalue weighted by Crippen LogP contribution is -2.42. The minimum Gasteiger partial charge on any atom is -0.485 e. The fourth-order valence-electron chi connectivity index (χ4n) is 2.35. The second-order valence-corrected chi connectivity index (χ2v) is 6.82. The molecule has 0 aliphatic carbocycles. The van der Waals surface area contributed by atoms with Gasteiger partial charge < -0.3 is 9.47 Å². The Morgan fingerprint density at radius 3 is 2.84 bits per heavy atom. The number of hydrogen-bond acceptors (Lipinski definition) is 5. The number of pyridine rings is 1. The van der Waals surface area contributed by atoms with Crippen molar-refractivity contribution in [1.82, 2.24) is 10.4 Å². The Morgan fingerprint density at radius 1 is 1.28 bits per heavy atom. The third-order valence-electron chi connectivity index (χ3n) is 3.82. The van der Waals surface area contributed by atoms with Gasteiger partial charge in [-0.05, 0) is 35.2 Å². The Balaban J connectivity index is 1.65. The molecule has 0 spiro atoms. The molecule has 0 fully saturated rings. The van der Waals surface area contributed by atoms with Gasteiger partial charge >= 0.3 is 0 Å². The minimum absolute atomic E-state index is 0.0133. The van der Waals surface area contributed by atoms with Crippen molar-refractivity contribution in [3.8, 4) is 11.5 Å². The van der Waals surface area contributed by atoms with Crippen LogP contribution in [0.2, 0.25) is 0 Å². The molecule has 6 heteroatoms. The van der Waals surface area contributed by atoms with E-state index in [1.54, 1.807) is 12.3 Å². The molecule has 3 rings (SSSR count). The van der Waals surface area contributed by atoms with E-state index in [1.807, 2.05) is 30.3 Å². The normalized spacial score (nSPS) is 16.7. The maximum atomic E-state index is 12.2. The summed E-state index contributed by atoms with van der Waals surface area (Å²) in [6.45, 7) is 6.51. The number of carbonyl (C=O) groups is 1. The van der Waals surface area contributed by atoms with E-state index in [2.05, 4.69) is 36.3 Å². The van der Waals surface area contributed by atoms with Gasteiger partial charge in [0.25, 0.3) is 5.91 Å². The molecule has 0 radical (unpaired) electrons. The lowest BCUT2D eigenvalue weighted by atomic mass is 9.87. The third-order valence-corrected chi connectivity index (χ3v) is 3.82. The molecular formula is C19H21N3O3. The van der Waals surface area contributed by atoms with Crippen LogP contribution in [-0.4, -0.2) is 29.8 Å². The first-order valence-electron chi connectivity index (χ1n) is 8.11. The molecule has 25 heavy (non-hydrogen) atoms. The van der Waals surface area contributed by atoms with Gasteiger partial charge in [-0.15, -0.1) is 0 Å². The SMILES string of the molecule is CC(C)(C)c1ccc2c(c1)O[C@@H](C(=O)NN=Cc1ccccn1)CO2. The molecule has 1 aliphatic heterocycles. The number of aromatic nitrogens is 1. The third kappa shape index (κ3) is 4.15. The zero-order chi connectivity index (χ0) is 17.9. The fourth-order valence-corrected chi connectivity index (χ4v) is 2.35. The molecule has 1 N–H and O–H groups in total. The molecule has 1 atom stereocenters. The summed E-state index contributed by atoms with van der Waals surface area (Å²) in [4.78, 5) is 16.3. The van der Waals surface area contributed by atoms with Gasteiger partial charge in [0.15, 0.2) is 11.5 Å². The van der Waals surface area contributed by atoms with Gasteiger partial charge in [0, 0.05) is 6.20 Å². The van der Waals surface area contributed by atoms with Crippen LogP contribution in [0.1, 0.15) is 32.0 Å². The van der Waals surface area contributed by atoms with Crippen LogP contribution in [0.3, 0.4) is 0 Å². The number of nitrogens with zero attached hydrogens (tertiary/aromatic N) is 2. The van der Waals surface area contributed by atoms with Gasteiger partial charge in [-0.2, -0.15) is 5.10 Å². The molecule has 0 bridgehead atoms. The number of carbonyl (C=O) groups excluding carboxylic acids is 1. The van der Waals surface area contributed by atoms with Crippen LogP contribution in [0, 0.1) is 0 Å². The number of amides is 1. The fraction of sp³-hybridized carbons (Fsp3) is 0.316. The van der Waals surface area contributed by atoms with Gasteiger partial charge in [0.1, 0.15) is 6.61 Å². The highest BCUT2D eigenvalue weighted by molar-refractivity contribution is 5.84. The molecule has 2 heterocycles. The largest absolute Gasteiger partial charge is 0.485 e. The Hall–Kier alpha value is -2.89. The minimum atomic E-state index is -0.747. The number of benzene rings is 1. The van der Waals surface area contributed by atoms with Crippen molar-refractivity contribution in [2.45, 2.75) is 32.3 Å². The van der Waals surface area contributed by atoms with Crippen LogP contribution in [0.25, 0.3) is 0 Å². The first-order valence-corrected chi connectivity index (χ1v) is 8.11. The van der Waals surface area contributed by atoms with Crippen molar-refractivity contribution in [1.29, 1.82) is 0 Å². The number of fused-ring (bicyclic) bond motifs is 1. The summed E-state index contributed by atoms with van der Waals surface area (Å²) in [7, 11) is 0. The van der Waals surface area contributed by atoms with Crippen molar-refractivity contribution >= 4 is 12.1 Å². The molecule has 0 unspecified atom stereocenters. The lowest BCUT2D eigenvalue weighted by molar-refractivity contribution is -0.130. The number of rotatable bonds is 3. The summed E-state index contributed by atoms with van der Waals surface area (Å²) in [6, 6.07) is 11.3. The average Bonchev–Trinajstić information content (AvgIpc) is 2.61. The molecule has 2 aromatic rings. The van der Waals surface area contributed by atoms with E-state index >= 15 is 0 Å². The number of hydrazone groups is 1. The Kier molecular flexibility index (Phi) is 4.70. The maximum Gasteiger partial charge on any atom is 0.284 e. The zero-order valence-electron chi connectivity index (χ0n) is 14.5. The molecule has 1 amide bonds. The topological polar surface area (TPSA) is 72.8 Å². The second-order valence-electron chi connectivity index (χ2n) is 6.82. The van der Waals surface area contributed by atoms with Gasteiger partial charge in [-0.25, -0.2) is 5.43 Å². The number of ether oxygens (including phenoxy) is 2. The molecule has 1 aromatic heterocycles. The predicted molar refractivity (Wildman–Crippen MR) is 95.0 cm³/mol. The Bertz CT molecular complexity index is 782. The first kappa shape index (κ1) is 17.0. The predicted octanol–water partition coefficient (Wildman–Crippen LogP) is 2.67. The van der Waals surface area contributed by atoms with Crippen molar-refractivity contribution in [2.24, 2.45) is 5.10 Å². The standard InChI is InChI=1S/C19H21N3O3/c1-19(2,3)13-7-8-15-16(10-13)25-17(12-24-15)18(23)22-21-11-14-6-4-5-9-20-14/h4-11,17H,12H2,1-3H3,(H,22,23)/t17-/m1/s1. The first-order chi connectivity index (χ1) is 11.9. The molecule has 0 saturated heterocycles. The smallest absolute Gasteiger partial charge is 0.284 e.